The molecule has 0 fully saturated rings. The number of rotatable bonds is 7. The number of ether oxygens (including phenoxy) is 2. The van der Waals surface area contributed by atoms with Crippen molar-refractivity contribution < 1.29 is 27.4 Å². The van der Waals surface area contributed by atoms with Crippen LogP contribution in [-0.2, 0) is 6.18 Å². The van der Waals surface area contributed by atoms with Crippen LogP contribution in [0.4, 0.5) is 18.3 Å². The van der Waals surface area contributed by atoms with E-state index < -0.39 is 17.8 Å². The average molecular weight is 537 g/mol. The zero-order valence-corrected chi connectivity index (χ0v) is 21.5. The Morgan fingerprint density at radius 1 is 1.17 bits per heavy atom. The van der Waals surface area contributed by atoms with Gasteiger partial charge in [0.05, 0.1) is 19.4 Å². The Bertz CT molecular complexity index is 1410. The third kappa shape index (κ3) is 5.71. The molecule has 3 heterocycles. The van der Waals surface area contributed by atoms with E-state index in [0.717, 1.165) is 10.9 Å². The summed E-state index contributed by atoms with van der Waals surface area (Å²) in [5, 5.41) is 4.92. The molecule has 1 N–H and O–H groups in total. The summed E-state index contributed by atoms with van der Waals surface area (Å²) in [6, 6.07) is 5.47. The smallest absolute Gasteiger partial charge is 0.434 e. The van der Waals surface area contributed by atoms with Gasteiger partial charge in [-0.05, 0) is 23.6 Å². The fraction of sp³-hybridized carbons (Fsp3) is 0.292. The molecule has 0 aliphatic carbocycles. The van der Waals surface area contributed by atoms with Crippen molar-refractivity contribution in [2.45, 2.75) is 26.9 Å². The van der Waals surface area contributed by atoms with Gasteiger partial charge in [0.2, 0.25) is 0 Å². The third-order valence-electron chi connectivity index (χ3n) is 4.82. The molecule has 3 aromatic heterocycles. The van der Waals surface area contributed by atoms with Gasteiger partial charge in [-0.2, -0.15) is 13.2 Å². The summed E-state index contributed by atoms with van der Waals surface area (Å²) < 4.78 is 51.8. The number of methoxy groups -OCH3 is 1. The van der Waals surface area contributed by atoms with Gasteiger partial charge in [0, 0.05) is 22.5 Å². The van der Waals surface area contributed by atoms with Crippen LogP contribution in [0.25, 0.3) is 17.1 Å². The van der Waals surface area contributed by atoms with Gasteiger partial charge < -0.3 is 9.47 Å². The maximum Gasteiger partial charge on any atom is 0.434 e. The molecule has 1 amide bonds. The van der Waals surface area contributed by atoms with E-state index in [0.29, 0.717) is 40.1 Å². The number of fused-ring (bicyclic) bond motifs is 1. The molecule has 7 nitrogen and oxygen atoms in total. The molecule has 4 aromatic rings. The predicted molar refractivity (Wildman–Crippen MR) is 135 cm³/mol. The average Bonchev–Trinajstić information content (AvgIpc) is 3.51. The van der Waals surface area contributed by atoms with Crippen LogP contribution in [-0.4, -0.2) is 34.0 Å². The largest absolute Gasteiger partial charge is 0.493 e. The molecule has 190 valence electrons. The first-order chi connectivity index (χ1) is 17.0. The summed E-state index contributed by atoms with van der Waals surface area (Å²) in [5.74, 6) is 0.494. The first-order valence-electron chi connectivity index (χ1n) is 10.7. The maximum absolute atomic E-state index is 13.1. The van der Waals surface area contributed by atoms with Crippen LogP contribution in [0.2, 0.25) is 0 Å². The topological polar surface area (TPSA) is 77.8 Å². The minimum absolute atomic E-state index is 0.0802. The molecule has 0 saturated heterocycles. The molecule has 12 heteroatoms. The Labute approximate surface area is 213 Å². The predicted octanol–water partition coefficient (Wildman–Crippen LogP) is 6.73. The van der Waals surface area contributed by atoms with E-state index in [2.05, 4.69) is 36.1 Å². The molecule has 0 aliphatic rings. The van der Waals surface area contributed by atoms with Crippen molar-refractivity contribution in [3.63, 3.8) is 0 Å². The lowest BCUT2D eigenvalue weighted by molar-refractivity contribution is -0.140. The Morgan fingerprint density at radius 2 is 1.94 bits per heavy atom. The van der Waals surface area contributed by atoms with Crippen molar-refractivity contribution in [1.29, 1.82) is 0 Å². The number of anilines is 1. The van der Waals surface area contributed by atoms with Crippen LogP contribution >= 0.6 is 22.7 Å². The number of amides is 1. The fourth-order valence-corrected chi connectivity index (χ4v) is 4.63. The third-order valence-corrected chi connectivity index (χ3v) is 6.33. The Balaban J connectivity index is 1.66. The van der Waals surface area contributed by atoms with Crippen LogP contribution in [0.3, 0.4) is 0 Å². The van der Waals surface area contributed by atoms with Gasteiger partial charge in [0.1, 0.15) is 5.69 Å². The number of alkyl halides is 3. The number of carbonyl (C=O) groups excluding carboxylic acids is 1. The van der Waals surface area contributed by atoms with Gasteiger partial charge in [-0.3, -0.25) is 14.5 Å². The van der Waals surface area contributed by atoms with Gasteiger partial charge in [-0.1, -0.05) is 32.9 Å². The molecule has 0 radical (unpaired) electrons. The van der Waals surface area contributed by atoms with Gasteiger partial charge in [-0.15, -0.1) is 22.7 Å². The normalized spacial score (nSPS) is 12.4. The van der Waals surface area contributed by atoms with E-state index in [1.807, 2.05) is 12.1 Å². The van der Waals surface area contributed by atoms with E-state index in [1.165, 1.54) is 11.3 Å². The summed E-state index contributed by atoms with van der Waals surface area (Å²) >= 11 is 2.03. The summed E-state index contributed by atoms with van der Waals surface area (Å²) in [5.41, 5.74) is 0.0972. The lowest BCUT2D eigenvalue weighted by atomic mass is 9.98. The standard InChI is InChI=1S/C24H23F3N4O3S2/c1-23(2,3)13-34-19-14(6-5-7-16(19)33-4)8-9-15-18(31-10-11-35-22(31)28-15)20(32)30-21-29-17(12-36-21)24(25,26)27/h5-12H,13H2,1-4H3,(H,29,30,32)/b9-8+. The number of imidazole rings is 1. The lowest BCUT2D eigenvalue weighted by Crippen LogP contribution is -2.17. The molecule has 0 bridgehead atoms. The van der Waals surface area contributed by atoms with E-state index >= 15 is 0 Å². The maximum atomic E-state index is 13.1. The zero-order chi connectivity index (χ0) is 26.1. The van der Waals surface area contributed by atoms with Crippen molar-refractivity contribution in [2.75, 3.05) is 19.0 Å². The number of nitrogens with one attached hydrogen (secondary N) is 1. The zero-order valence-electron chi connectivity index (χ0n) is 19.8. The Morgan fingerprint density at radius 3 is 2.61 bits per heavy atom. The number of nitrogens with zero attached hydrogens (tertiary/aromatic N) is 3. The highest BCUT2D eigenvalue weighted by atomic mass is 32.1. The minimum atomic E-state index is -4.59. The first kappa shape index (κ1) is 25.7. The van der Waals surface area contributed by atoms with Gasteiger partial charge in [-0.25, -0.2) is 9.97 Å². The SMILES string of the molecule is COc1cccc(/C=C/c2nc3sccn3c2C(=O)Nc2nc(C(F)(F)F)cs2)c1OCC(C)(C)C. The molecule has 1 aromatic carbocycles. The highest BCUT2D eigenvalue weighted by Crippen LogP contribution is 2.35. The lowest BCUT2D eigenvalue weighted by Gasteiger charge is -2.21. The van der Waals surface area contributed by atoms with Crippen molar-refractivity contribution in [3.8, 4) is 11.5 Å². The van der Waals surface area contributed by atoms with E-state index in [4.69, 9.17) is 9.47 Å². The molecule has 36 heavy (non-hydrogen) atoms. The Kier molecular flexibility index (Phi) is 7.10. The molecule has 4 rings (SSSR count). The Hall–Kier alpha value is -3.38. The van der Waals surface area contributed by atoms with Crippen LogP contribution < -0.4 is 14.8 Å². The number of carbonyl (C=O) groups is 1. The van der Waals surface area contributed by atoms with E-state index in [9.17, 15) is 18.0 Å². The number of hydrogen-bond acceptors (Lipinski definition) is 7. The fourth-order valence-electron chi connectivity index (χ4n) is 3.20. The van der Waals surface area contributed by atoms with E-state index in [1.54, 1.807) is 41.3 Å². The monoisotopic (exact) mass is 536 g/mol. The molecular weight excluding hydrogens is 513 g/mol. The molecule has 0 saturated carbocycles. The summed E-state index contributed by atoms with van der Waals surface area (Å²) in [6.45, 7) is 6.62. The summed E-state index contributed by atoms with van der Waals surface area (Å²) in [4.78, 5) is 21.7. The minimum Gasteiger partial charge on any atom is -0.493 e. The second-order valence-electron chi connectivity index (χ2n) is 8.95. The second-order valence-corrected chi connectivity index (χ2v) is 10.7. The summed E-state index contributed by atoms with van der Waals surface area (Å²) in [7, 11) is 1.56. The quantitative estimate of drug-likeness (QED) is 0.284. The highest BCUT2D eigenvalue weighted by molar-refractivity contribution is 7.15. The van der Waals surface area contributed by atoms with Crippen molar-refractivity contribution >= 4 is 50.8 Å². The second kappa shape index (κ2) is 9.94. The molecule has 0 atom stereocenters. The van der Waals surface area contributed by atoms with Gasteiger partial charge in [0.25, 0.3) is 5.91 Å². The first-order valence-corrected chi connectivity index (χ1v) is 12.5. The molecule has 0 spiro atoms. The van der Waals surface area contributed by atoms with Gasteiger partial charge >= 0.3 is 6.18 Å². The number of hydrogen-bond donors (Lipinski definition) is 1. The number of benzene rings is 1. The van der Waals surface area contributed by atoms with Crippen molar-refractivity contribution in [3.05, 3.63) is 57.8 Å². The van der Waals surface area contributed by atoms with Gasteiger partial charge in [0.15, 0.2) is 27.3 Å². The number of halogens is 3. The van der Waals surface area contributed by atoms with E-state index in [-0.39, 0.29) is 16.2 Å². The highest BCUT2D eigenvalue weighted by Gasteiger charge is 2.34. The number of para-hydroxylation sites is 1. The van der Waals surface area contributed by atoms with Crippen LogP contribution in [0.1, 0.15) is 48.2 Å². The van der Waals surface area contributed by atoms with Crippen LogP contribution in [0, 0.1) is 5.41 Å². The molecule has 0 aliphatic heterocycles. The molecular formula is C24H23F3N4O3S2. The van der Waals surface area contributed by atoms with Crippen LogP contribution in [0.5, 0.6) is 11.5 Å². The summed E-state index contributed by atoms with van der Waals surface area (Å²) in [6.07, 6.45) is 0.505. The van der Waals surface area contributed by atoms with Crippen LogP contribution in [0.15, 0.2) is 35.2 Å². The number of thiazole rings is 2. The van der Waals surface area contributed by atoms with Crippen molar-refractivity contribution in [2.24, 2.45) is 5.41 Å². The number of aromatic nitrogens is 3. The molecule has 0 unspecified atom stereocenters. The van der Waals surface area contributed by atoms with Crippen molar-refractivity contribution in [1.82, 2.24) is 14.4 Å².